The lowest BCUT2D eigenvalue weighted by molar-refractivity contribution is 0.0994. The molecular weight excluding hydrogens is 406 g/mol. The van der Waals surface area contributed by atoms with Crippen molar-refractivity contribution in [2.45, 2.75) is 6.92 Å². The van der Waals surface area contributed by atoms with E-state index in [2.05, 4.69) is 9.97 Å². The molecule has 4 heterocycles. The van der Waals surface area contributed by atoms with Gasteiger partial charge in [0.05, 0.1) is 11.3 Å². The third-order valence-corrected chi connectivity index (χ3v) is 6.63. The molecule has 4 rings (SSSR count). The quantitative estimate of drug-likeness (QED) is 0.625. The van der Waals surface area contributed by atoms with Crippen LogP contribution in [0.5, 0.6) is 0 Å². The molecule has 0 saturated heterocycles. The number of fused-ring (bicyclic) bond motifs is 2. The first-order valence-electron chi connectivity index (χ1n) is 9.25. The molecule has 11 heteroatoms. The molecule has 0 aliphatic carbocycles. The molecule has 30 heavy (non-hydrogen) atoms. The van der Waals surface area contributed by atoms with Crippen LogP contribution in [0.1, 0.15) is 17.3 Å². The van der Waals surface area contributed by atoms with Crippen LogP contribution >= 0.6 is 0 Å². The van der Waals surface area contributed by atoms with Crippen molar-refractivity contribution in [3.8, 4) is 11.5 Å². The number of imidazole rings is 1. The van der Waals surface area contributed by atoms with E-state index in [-0.39, 0.29) is 11.7 Å². The molecule has 1 aliphatic rings. The zero-order chi connectivity index (χ0) is 21.6. The summed E-state index contributed by atoms with van der Waals surface area (Å²) in [5.41, 5.74) is 1.43. The summed E-state index contributed by atoms with van der Waals surface area (Å²) in [5, 5.41) is 0. The van der Waals surface area contributed by atoms with Gasteiger partial charge < -0.3 is 9.80 Å². The van der Waals surface area contributed by atoms with E-state index >= 15 is 0 Å². The Bertz CT molecular complexity index is 1240. The molecule has 0 bridgehead atoms. The summed E-state index contributed by atoms with van der Waals surface area (Å²) in [4.78, 5) is 29.7. The number of anilines is 3. The second-order valence-corrected chi connectivity index (χ2v) is 8.88. The Labute approximate surface area is 174 Å². The SMILES string of the molecule is CCN1c2ncccc2C(=O)N(C)c2ccc(-c3nccn3S(=O)(=O)N(C)C)nc21. The lowest BCUT2D eigenvalue weighted by Gasteiger charge is -2.23. The fourth-order valence-corrected chi connectivity index (χ4v) is 4.25. The predicted octanol–water partition coefficient (Wildman–Crippen LogP) is 1.74. The Morgan fingerprint density at radius 3 is 2.53 bits per heavy atom. The number of hydrogen-bond acceptors (Lipinski definition) is 7. The molecule has 10 nitrogen and oxygen atoms in total. The highest BCUT2D eigenvalue weighted by Crippen LogP contribution is 2.38. The topological polar surface area (TPSA) is 105 Å². The number of nitrogens with zero attached hydrogens (tertiary/aromatic N) is 7. The fraction of sp³-hybridized carbons (Fsp3) is 0.263. The first-order chi connectivity index (χ1) is 14.3. The minimum Gasteiger partial charge on any atom is -0.309 e. The highest BCUT2D eigenvalue weighted by atomic mass is 32.2. The van der Waals surface area contributed by atoms with Gasteiger partial charge in [-0.25, -0.2) is 18.9 Å². The average Bonchev–Trinajstić information content (AvgIpc) is 3.21. The van der Waals surface area contributed by atoms with Gasteiger partial charge in [-0.1, -0.05) is 0 Å². The van der Waals surface area contributed by atoms with E-state index in [0.29, 0.717) is 35.1 Å². The van der Waals surface area contributed by atoms with Crippen molar-refractivity contribution < 1.29 is 13.2 Å². The zero-order valence-electron chi connectivity index (χ0n) is 17.0. The van der Waals surface area contributed by atoms with Gasteiger partial charge in [0, 0.05) is 46.3 Å². The molecule has 1 aliphatic heterocycles. The Morgan fingerprint density at radius 1 is 1.07 bits per heavy atom. The van der Waals surface area contributed by atoms with Gasteiger partial charge in [-0.05, 0) is 31.2 Å². The Kier molecular flexibility index (Phi) is 4.79. The lowest BCUT2D eigenvalue weighted by atomic mass is 10.2. The molecular formula is C19H21N7O3S. The van der Waals surface area contributed by atoms with Crippen molar-refractivity contribution in [1.82, 2.24) is 23.2 Å². The second kappa shape index (κ2) is 7.18. The van der Waals surface area contributed by atoms with Crippen LogP contribution in [0, 0.1) is 0 Å². The van der Waals surface area contributed by atoms with E-state index in [4.69, 9.17) is 4.98 Å². The van der Waals surface area contributed by atoms with Crippen molar-refractivity contribution in [3.63, 3.8) is 0 Å². The van der Waals surface area contributed by atoms with E-state index in [0.717, 1.165) is 8.28 Å². The number of rotatable bonds is 4. The van der Waals surface area contributed by atoms with E-state index in [1.807, 2.05) is 11.8 Å². The maximum atomic E-state index is 13.0. The highest BCUT2D eigenvalue weighted by Gasteiger charge is 2.31. The first-order valence-corrected chi connectivity index (χ1v) is 10.7. The Morgan fingerprint density at radius 2 is 1.83 bits per heavy atom. The molecule has 0 saturated carbocycles. The molecule has 3 aromatic heterocycles. The van der Waals surface area contributed by atoms with Crippen molar-refractivity contribution >= 4 is 33.4 Å². The minimum absolute atomic E-state index is 0.182. The van der Waals surface area contributed by atoms with Crippen LogP contribution in [0.3, 0.4) is 0 Å². The van der Waals surface area contributed by atoms with Crippen LogP contribution in [-0.2, 0) is 10.2 Å². The van der Waals surface area contributed by atoms with Crippen molar-refractivity contribution in [3.05, 3.63) is 48.4 Å². The maximum absolute atomic E-state index is 13.0. The third-order valence-electron chi connectivity index (χ3n) is 4.91. The highest BCUT2D eigenvalue weighted by molar-refractivity contribution is 7.87. The normalized spacial score (nSPS) is 14.0. The molecule has 0 N–H and O–H groups in total. The van der Waals surface area contributed by atoms with Gasteiger partial charge in [0.15, 0.2) is 11.6 Å². The van der Waals surface area contributed by atoms with Crippen molar-refractivity contribution in [1.29, 1.82) is 0 Å². The second-order valence-electron chi connectivity index (χ2n) is 6.86. The van der Waals surface area contributed by atoms with Crippen LogP contribution < -0.4 is 9.80 Å². The van der Waals surface area contributed by atoms with Crippen molar-refractivity contribution in [2.24, 2.45) is 0 Å². The average molecular weight is 427 g/mol. The molecule has 0 fully saturated rings. The molecule has 0 aromatic carbocycles. The molecule has 156 valence electrons. The Balaban J connectivity index is 1.93. The van der Waals surface area contributed by atoms with Gasteiger partial charge >= 0.3 is 10.2 Å². The van der Waals surface area contributed by atoms with Gasteiger partial charge in [-0.3, -0.25) is 4.79 Å². The van der Waals surface area contributed by atoms with E-state index in [1.54, 1.807) is 37.5 Å². The Hall–Kier alpha value is -3.31. The molecule has 3 aromatic rings. The predicted molar refractivity (Wildman–Crippen MR) is 113 cm³/mol. The maximum Gasteiger partial charge on any atom is 0.308 e. The standard InChI is InChI=1S/C19H21N7O3S/c1-5-25-16-13(7-6-10-20-16)19(27)24(4)15-9-8-14(22-18(15)25)17-21-11-12-26(17)30(28,29)23(2)3/h6-12H,5H2,1-4H3. The summed E-state index contributed by atoms with van der Waals surface area (Å²) in [6.45, 7) is 2.45. The largest absolute Gasteiger partial charge is 0.309 e. The monoisotopic (exact) mass is 427 g/mol. The third kappa shape index (κ3) is 2.94. The number of carbonyl (C=O) groups is 1. The van der Waals surface area contributed by atoms with Gasteiger partial charge in [-0.2, -0.15) is 12.7 Å². The zero-order valence-corrected chi connectivity index (χ0v) is 17.8. The van der Waals surface area contributed by atoms with Crippen LogP contribution in [0.25, 0.3) is 11.5 Å². The summed E-state index contributed by atoms with van der Waals surface area (Å²) in [7, 11) is 0.805. The van der Waals surface area contributed by atoms with Gasteiger partial charge in [0.25, 0.3) is 5.91 Å². The number of carbonyl (C=O) groups excluding carboxylic acids is 1. The molecule has 1 amide bonds. The van der Waals surface area contributed by atoms with Crippen LogP contribution in [-0.4, -0.2) is 65.2 Å². The van der Waals surface area contributed by atoms with E-state index < -0.39 is 10.2 Å². The van der Waals surface area contributed by atoms with Gasteiger partial charge in [0.1, 0.15) is 11.5 Å². The number of amides is 1. The van der Waals surface area contributed by atoms with Gasteiger partial charge in [0.2, 0.25) is 0 Å². The summed E-state index contributed by atoms with van der Waals surface area (Å²) in [6.07, 6.45) is 4.41. The molecule has 0 unspecified atom stereocenters. The van der Waals surface area contributed by atoms with Gasteiger partial charge in [-0.15, -0.1) is 0 Å². The number of aromatic nitrogens is 4. The summed E-state index contributed by atoms with van der Waals surface area (Å²) in [6, 6.07) is 6.85. The molecule has 0 spiro atoms. The van der Waals surface area contributed by atoms with Crippen LogP contribution in [0.4, 0.5) is 17.3 Å². The van der Waals surface area contributed by atoms with Crippen molar-refractivity contribution in [2.75, 3.05) is 37.5 Å². The summed E-state index contributed by atoms with van der Waals surface area (Å²) >= 11 is 0. The van der Waals surface area contributed by atoms with E-state index in [1.165, 1.54) is 31.4 Å². The smallest absolute Gasteiger partial charge is 0.308 e. The van der Waals surface area contributed by atoms with Crippen LogP contribution in [0.15, 0.2) is 42.9 Å². The first kappa shape index (κ1) is 20.0. The summed E-state index contributed by atoms with van der Waals surface area (Å²) in [5.74, 6) is 0.994. The van der Waals surface area contributed by atoms with Crippen LogP contribution in [0.2, 0.25) is 0 Å². The lowest BCUT2D eigenvalue weighted by Crippen LogP contribution is -2.29. The number of pyridine rings is 2. The molecule has 0 atom stereocenters. The fourth-order valence-electron chi connectivity index (χ4n) is 3.33. The summed E-state index contributed by atoms with van der Waals surface area (Å²) < 4.78 is 27.5. The number of hydrogen-bond donors (Lipinski definition) is 0. The minimum atomic E-state index is -3.77. The van der Waals surface area contributed by atoms with E-state index in [9.17, 15) is 13.2 Å². The molecule has 0 radical (unpaired) electrons.